The monoisotopic (exact) mass is 522 g/mol. The van der Waals surface area contributed by atoms with Crippen LogP contribution in [0.3, 0.4) is 0 Å². The van der Waals surface area contributed by atoms with E-state index in [1.807, 2.05) is 42.9 Å². The van der Waals surface area contributed by atoms with Crippen LogP contribution in [0.5, 0.6) is 0 Å². The molecule has 4 aromatic heterocycles. The van der Waals surface area contributed by atoms with Crippen LogP contribution >= 0.6 is 11.6 Å². The molecule has 2 saturated carbocycles. The van der Waals surface area contributed by atoms with E-state index in [-0.39, 0.29) is 17.3 Å². The van der Waals surface area contributed by atoms with Crippen LogP contribution in [0.15, 0.2) is 55.1 Å². The lowest BCUT2D eigenvalue weighted by Crippen LogP contribution is -2.41. The van der Waals surface area contributed by atoms with Gasteiger partial charge >= 0.3 is 0 Å². The van der Waals surface area contributed by atoms with E-state index in [2.05, 4.69) is 36.0 Å². The summed E-state index contributed by atoms with van der Waals surface area (Å²) in [6, 6.07) is 10.1. The van der Waals surface area contributed by atoms with Crippen molar-refractivity contribution < 1.29 is 8.42 Å². The van der Waals surface area contributed by atoms with Crippen LogP contribution in [0, 0.1) is 0 Å². The van der Waals surface area contributed by atoms with E-state index in [0.717, 1.165) is 71.8 Å². The van der Waals surface area contributed by atoms with Gasteiger partial charge in [-0.2, -0.15) is 0 Å². The average Bonchev–Trinajstić information content (AvgIpc) is 3.66. The van der Waals surface area contributed by atoms with Crippen LogP contribution in [0.2, 0.25) is 5.15 Å². The number of sulfonamides is 1. The van der Waals surface area contributed by atoms with Gasteiger partial charge in [0.15, 0.2) is 0 Å². The molecule has 186 valence electrons. The SMILES string of the molecule is O=S(=O)(NC1CCC(Nc2cc(-c3c[nH]c4ncc(-c5cccnc5)cc34)cc(Cl)n2)CC1)C1CC1. The van der Waals surface area contributed by atoms with Crippen molar-refractivity contribution in [2.45, 2.75) is 55.9 Å². The Bertz CT molecular complexity index is 1500. The number of fused-ring (bicyclic) bond motifs is 1. The zero-order chi connectivity index (χ0) is 24.7. The van der Waals surface area contributed by atoms with Gasteiger partial charge in [0.25, 0.3) is 0 Å². The maximum atomic E-state index is 12.3. The number of pyridine rings is 3. The molecule has 10 heteroatoms. The molecule has 4 heterocycles. The Labute approximate surface area is 215 Å². The molecule has 0 bridgehead atoms. The topological polar surface area (TPSA) is 113 Å². The maximum Gasteiger partial charge on any atom is 0.214 e. The third-order valence-electron chi connectivity index (χ3n) is 7.00. The summed E-state index contributed by atoms with van der Waals surface area (Å²) in [6.45, 7) is 0. The van der Waals surface area contributed by atoms with Crippen molar-refractivity contribution in [3.8, 4) is 22.3 Å². The molecule has 3 N–H and O–H groups in total. The van der Waals surface area contributed by atoms with Crippen LogP contribution in [0.1, 0.15) is 38.5 Å². The second-order valence-electron chi connectivity index (χ2n) is 9.68. The quantitative estimate of drug-likeness (QED) is 0.289. The standard InChI is InChI=1S/C26H27ClN6O2S/c27-24-11-17(23-15-30-26-22(23)10-18(14-29-26)16-2-1-9-28-13-16)12-25(32-24)31-19-3-5-20(6-4-19)33-36(34,35)21-7-8-21/h1-2,9-15,19-21,33H,3-8H2,(H,29,30)(H,31,32). The minimum Gasteiger partial charge on any atom is -0.367 e. The molecule has 2 aliphatic rings. The van der Waals surface area contributed by atoms with Gasteiger partial charge in [-0.15, -0.1) is 0 Å². The summed E-state index contributed by atoms with van der Waals surface area (Å²) in [5, 5.41) is 4.75. The van der Waals surface area contributed by atoms with Gasteiger partial charge in [0, 0.05) is 58.9 Å². The van der Waals surface area contributed by atoms with Crippen LogP contribution in [-0.2, 0) is 10.0 Å². The second kappa shape index (κ2) is 9.46. The third-order valence-corrected chi connectivity index (χ3v) is 9.21. The summed E-state index contributed by atoms with van der Waals surface area (Å²) in [5.74, 6) is 0.713. The zero-order valence-corrected chi connectivity index (χ0v) is 21.2. The zero-order valence-electron chi connectivity index (χ0n) is 19.6. The van der Waals surface area contributed by atoms with Gasteiger partial charge in [0.2, 0.25) is 10.0 Å². The van der Waals surface area contributed by atoms with Gasteiger partial charge in [-0.05, 0) is 68.4 Å². The molecule has 0 aliphatic heterocycles. The molecule has 0 unspecified atom stereocenters. The molecule has 0 atom stereocenters. The lowest BCUT2D eigenvalue weighted by Gasteiger charge is -2.30. The number of hydrogen-bond donors (Lipinski definition) is 3. The van der Waals surface area contributed by atoms with Gasteiger partial charge in [-0.25, -0.2) is 23.1 Å². The van der Waals surface area contributed by atoms with Crippen molar-refractivity contribution in [1.82, 2.24) is 24.7 Å². The summed E-state index contributed by atoms with van der Waals surface area (Å²) in [7, 11) is -3.15. The third kappa shape index (κ3) is 4.96. The normalized spacial score (nSPS) is 20.5. The first-order valence-corrected chi connectivity index (χ1v) is 14.2. The Morgan fingerprint density at radius 3 is 2.50 bits per heavy atom. The highest BCUT2D eigenvalue weighted by Gasteiger charge is 2.37. The molecule has 0 spiro atoms. The molecule has 8 nitrogen and oxygen atoms in total. The van der Waals surface area contributed by atoms with Crippen LogP contribution in [-0.4, -0.2) is 45.7 Å². The van der Waals surface area contributed by atoms with E-state index in [9.17, 15) is 8.42 Å². The number of halogens is 1. The summed E-state index contributed by atoms with van der Waals surface area (Å²) in [5.41, 5.74) is 4.73. The predicted octanol–water partition coefficient (Wildman–Crippen LogP) is 5.15. The van der Waals surface area contributed by atoms with E-state index in [4.69, 9.17) is 11.6 Å². The lowest BCUT2D eigenvalue weighted by molar-refractivity contribution is 0.386. The molecular weight excluding hydrogens is 496 g/mol. The number of rotatable bonds is 7. The van der Waals surface area contributed by atoms with Crippen LogP contribution < -0.4 is 10.0 Å². The number of nitrogens with one attached hydrogen (secondary N) is 3. The molecule has 4 aromatic rings. The molecule has 2 aliphatic carbocycles. The smallest absolute Gasteiger partial charge is 0.214 e. The first-order chi connectivity index (χ1) is 17.4. The fourth-order valence-electron chi connectivity index (χ4n) is 4.93. The highest BCUT2D eigenvalue weighted by atomic mass is 35.5. The van der Waals surface area contributed by atoms with Crippen molar-refractivity contribution in [3.05, 3.63) is 60.3 Å². The van der Waals surface area contributed by atoms with Gasteiger partial charge < -0.3 is 10.3 Å². The maximum absolute atomic E-state index is 12.3. The predicted molar refractivity (Wildman–Crippen MR) is 142 cm³/mol. The number of nitrogens with zero attached hydrogens (tertiary/aromatic N) is 3. The first-order valence-electron chi connectivity index (χ1n) is 12.3. The van der Waals surface area contributed by atoms with Crippen molar-refractivity contribution in [1.29, 1.82) is 0 Å². The van der Waals surface area contributed by atoms with Gasteiger partial charge in [-0.3, -0.25) is 4.98 Å². The summed E-state index contributed by atoms with van der Waals surface area (Å²) in [4.78, 5) is 16.6. The highest BCUT2D eigenvalue weighted by molar-refractivity contribution is 7.90. The van der Waals surface area contributed by atoms with E-state index < -0.39 is 10.0 Å². The van der Waals surface area contributed by atoms with Crippen molar-refractivity contribution in [2.24, 2.45) is 0 Å². The second-order valence-corrected chi connectivity index (χ2v) is 12.1. The fraction of sp³-hybridized carbons (Fsp3) is 0.346. The van der Waals surface area contributed by atoms with Gasteiger partial charge in [0.1, 0.15) is 16.6 Å². The van der Waals surface area contributed by atoms with E-state index in [0.29, 0.717) is 11.0 Å². The van der Waals surface area contributed by atoms with Gasteiger partial charge in [-0.1, -0.05) is 17.7 Å². The first kappa shape index (κ1) is 23.4. The number of aromatic amines is 1. The fourth-order valence-corrected chi connectivity index (χ4v) is 6.79. The Balaban J connectivity index is 1.19. The molecule has 6 rings (SSSR count). The molecule has 0 saturated heterocycles. The Hall–Kier alpha value is -3.01. The minimum atomic E-state index is -3.15. The molecule has 0 aromatic carbocycles. The van der Waals surface area contributed by atoms with Crippen molar-refractivity contribution in [3.63, 3.8) is 0 Å². The molecule has 2 fully saturated rings. The average molecular weight is 523 g/mol. The highest BCUT2D eigenvalue weighted by Crippen LogP contribution is 2.34. The van der Waals surface area contributed by atoms with Crippen molar-refractivity contribution >= 4 is 38.5 Å². The minimum absolute atomic E-state index is 0.0178. The molecule has 36 heavy (non-hydrogen) atoms. The molecule has 0 amide bonds. The van der Waals surface area contributed by atoms with E-state index in [1.165, 1.54) is 0 Å². The molecule has 0 radical (unpaired) electrons. The van der Waals surface area contributed by atoms with Gasteiger partial charge in [0.05, 0.1) is 5.25 Å². The van der Waals surface area contributed by atoms with Crippen LogP contribution in [0.4, 0.5) is 5.82 Å². The van der Waals surface area contributed by atoms with Crippen LogP contribution in [0.25, 0.3) is 33.3 Å². The van der Waals surface area contributed by atoms with Crippen molar-refractivity contribution in [2.75, 3.05) is 5.32 Å². The Kier molecular flexibility index (Phi) is 6.15. The Morgan fingerprint density at radius 2 is 1.75 bits per heavy atom. The summed E-state index contributed by atoms with van der Waals surface area (Å²) < 4.78 is 27.4. The number of H-pyrrole nitrogens is 1. The number of anilines is 1. The largest absolute Gasteiger partial charge is 0.367 e. The lowest BCUT2D eigenvalue weighted by atomic mass is 9.92. The molecular formula is C26H27ClN6O2S. The van der Waals surface area contributed by atoms with E-state index in [1.54, 1.807) is 6.20 Å². The summed E-state index contributed by atoms with van der Waals surface area (Å²) >= 11 is 6.43. The number of aromatic nitrogens is 4. The van der Waals surface area contributed by atoms with E-state index >= 15 is 0 Å². The Morgan fingerprint density at radius 1 is 0.944 bits per heavy atom. The number of hydrogen-bond acceptors (Lipinski definition) is 6. The summed E-state index contributed by atoms with van der Waals surface area (Å²) in [6.07, 6.45) is 12.3.